The summed E-state index contributed by atoms with van der Waals surface area (Å²) in [4.78, 5) is 6.62. The van der Waals surface area contributed by atoms with Gasteiger partial charge in [-0.2, -0.15) is 0 Å². The number of anilines is 2. The van der Waals surface area contributed by atoms with Gasteiger partial charge >= 0.3 is 0 Å². The molecule has 2 atom stereocenters. The van der Waals surface area contributed by atoms with Gasteiger partial charge < -0.3 is 20.1 Å². The number of pyridine rings is 1. The number of nitrogens with zero attached hydrogens (tertiary/aromatic N) is 2. The fraction of sp³-hybridized carbons (Fsp3) is 0.643. The lowest BCUT2D eigenvalue weighted by Gasteiger charge is -2.38. The standard InChI is InChI=1S/C14H21Cl2N3O2/c1-3-4-17-13-11(15)5-12(16)14(18-13)19-6-10(7-20)21-8-9(19)2/h5,9-10,20H,3-4,6-8H2,1-2H3,(H,17,18). The van der Waals surface area contributed by atoms with Gasteiger partial charge in [-0.05, 0) is 19.4 Å². The van der Waals surface area contributed by atoms with Gasteiger partial charge in [-0.25, -0.2) is 4.98 Å². The number of aromatic nitrogens is 1. The van der Waals surface area contributed by atoms with E-state index in [1.807, 2.05) is 6.92 Å². The predicted octanol–water partition coefficient (Wildman–Crippen LogP) is 2.80. The third-order valence-corrected chi connectivity index (χ3v) is 4.00. The fourth-order valence-electron chi connectivity index (χ4n) is 2.25. The SMILES string of the molecule is CCCNc1nc(N2CC(CO)OCC2C)c(Cl)cc1Cl. The Labute approximate surface area is 135 Å². The number of aliphatic hydroxyl groups excluding tert-OH is 1. The molecule has 118 valence electrons. The van der Waals surface area contributed by atoms with Crippen LogP contribution in [-0.4, -0.2) is 48.5 Å². The molecule has 7 heteroatoms. The zero-order valence-electron chi connectivity index (χ0n) is 12.3. The van der Waals surface area contributed by atoms with Crippen molar-refractivity contribution in [1.82, 2.24) is 4.98 Å². The van der Waals surface area contributed by atoms with Gasteiger partial charge in [0.15, 0.2) is 0 Å². The molecule has 2 unspecified atom stereocenters. The minimum atomic E-state index is -0.221. The Morgan fingerprint density at radius 3 is 2.90 bits per heavy atom. The lowest BCUT2D eigenvalue weighted by molar-refractivity contribution is -0.0105. The molecule has 21 heavy (non-hydrogen) atoms. The Morgan fingerprint density at radius 2 is 2.24 bits per heavy atom. The number of ether oxygens (including phenoxy) is 1. The van der Waals surface area contributed by atoms with Crippen molar-refractivity contribution in [1.29, 1.82) is 0 Å². The van der Waals surface area contributed by atoms with Crippen LogP contribution in [0.25, 0.3) is 0 Å². The second kappa shape index (κ2) is 7.49. The number of hydrogen-bond donors (Lipinski definition) is 2. The van der Waals surface area contributed by atoms with Crippen molar-refractivity contribution in [2.75, 3.05) is 36.5 Å². The quantitative estimate of drug-likeness (QED) is 0.867. The van der Waals surface area contributed by atoms with E-state index in [0.717, 1.165) is 13.0 Å². The lowest BCUT2D eigenvalue weighted by Crippen LogP contribution is -2.50. The Bertz CT molecular complexity index is 488. The van der Waals surface area contributed by atoms with E-state index in [1.54, 1.807) is 6.07 Å². The van der Waals surface area contributed by atoms with Crippen LogP contribution in [-0.2, 0) is 4.74 Å². The van der Waals surface area contributed by atoms with Gasteiger partial charge in [-0.15, -0.1) is 0 Å². The van der Waals surface area contributed by atoms with Gasteiger partial charge in [0.25, 0.3) is 0 Å². The molecular weight excluding hydrogens is 313 g/mol. The third kappa shape index (κ3) is 3.92. The maximum absolute atomic E-state index is 9.29. The first kappa shape index (κ1) is 16.6. The fourth-order valence-corrected chi connectivity index (χ4v) is 2.78. The van der Waals surface area contributed by atoms with E-state index in [1.165, 1.54) is 0 Å². The van der Waals surface area contributed by atoms with Crippen molar-refractivity contribution < 1.29 is 9.84 Å². The highest BCUT2D eigenvalue weighted by atomic mass is 35.5. The first-order chi connectivity index (χ1) is 10.1. The summed E-state index contributed by atoms with van der Waals surface area (Å²) in [5, 5.41) is 13.5. The van der Waals surface area contributed by atoms with Crippen LogP contribution in [0.15, 0.2) is 6.07 Å². The minimum absolute atomic E-state index is 0.0185. The molecule has 2 heterocycles. The molecule has 1 aliphatic heterocycles. The van der Waals surface area contributed by atoms with Gasteiger partial charge in [-0.1, -0.05) is 30.1 Å². The molecule has 2 rings (SSSR count). The van der Waals surface area contributed by atoms with E-state index < -0.39 is 0 Å². The zero-order chi connectivity index (χ0) is 15.4. The molecule has 0 saturated carbocycles. The lowest BCUT2D eigenvalue weighted by atomic mass is 10.2. The summed E-state index contributed by atoms with van der Waals surface area (Å²) in [5.74, 6) is 1.31. The summed E-state index contributed by atoms with van der Waals surface area (Å²) in [6, 6.07) is 1.84. The van der Waals surface area contributed by atoms with Crippen LogP contribution in [0.2, 0.25) is 10.0 Å². The largest absolute Gasteiger partial charge is 0.394 e. The first-order valence-corrected chi connectivity index (χ1v) is 7.91. The third-order valence-electron chi connectivity index (χ3n) is 3.43. The minimum Gasteiger partial charge on any atom is -0.394 e. The zero-order valence-corrected chi connectivity index (χ0v) is 13.8. The summed E-state index contributed by atoms with van der Waals surface area (Å²) < 4.78 is 5.55. The maximum Gasteiger partial charge on any atom is 0.150 e. The van der Waals surface area contributed by atoms with Crippen LogP contribution in [0, 0.1) is 0 Å². The molecule has 0 aliphatic carbocycles. The molecule has 0 spiro atoms. The molecule has 1 aromatic heterocycles. The Kier molecular flexibility index (Phi) is 5.93. The van der Waals surface area contributed by atoms with Crippen molar-refractivity contribution in [3.63, 3.8) is 0 Å². The normalized spacial score (nSPS) is 22.4. The van der Waals surface area contributed by atoms with Gasteiger partial charge in [0.2, 0.25) is 0 Å². The molecule has 1 saturated heterocycles. The van der Waals surface area contributed by atoms with Gasteiger partial charge in [0, 0.05) is 13.1 Å². The average Bonchev–Trinajstić information content (AvgIpc) is 2.47. The molecule has 0 radical (unpaired) electrons. The van der Waals surface area contributed by atoms with E-state index in [2.05, 4.69) is 22.1 Å². The van der Waals surface area contributed by atoms with Crippen molar-refractivity contribution >= 4 is 34.8 Å². The Balaban J connectivity index is 2.28. The number of nitrogens with one attached hydrogen (secondary N) is 1. The summed E-state index contributed by atoms with van der Waals surface area (Å²) in [5.41, 5.74) is 0. The average molecular weight is 334 g/mol. The number of rotatable bonds is 5. The monoisotopic (exact) mass is 333 g/mol. The number of hydrogen-bond acceptors (Lipinski definition) is 5. The van der Waals surface area contributed by atoms with Crippen LogP contribution in [0.4, 0.5) is 11.6 Å². The second-order valence-electron chi connectivity index (χ2n) is 5.19. The summed E-state index contributed by atoms with van der Waals surface area (Å²) in [6.45, 7) is 5.98. The molecule has 0 aromatic carbocycles. The molecule has 5 nitrogen and oxygen atoms in total. The number of morpholine rings is 1. The molecule has 1 aromatic rings. The van der Waals surface area contributed by atoms with Crippen LogP contribution in [0.3, 0.4) is 0 Å². The number of halogens is 2. The first-order valence-electron chi connectivity index (χ1n) is 7.15. The van der Waals surface area contributed by atoms with Crippen molar-refractivity contribution in [3.8, 4) is 0 Å². The Hall–Kier alpha value is -0.750. The molecule has 0 bridgehead atoms. The van der Waals surface area contributed by atoms with Gasteiger partial charge in [0.05, 0.1) is 35.4 Å². The van der Waals surface area contributed by atoms with Crippen molar-refractivity contribution in [2.24, 2.45) is 0 Å². The van der Waals surface area contributed by atoms with E-state index in [-0.39, 0.29) is 18.8 Å². The summed E-state index contributed by atoms with van der Waals surface area (Å²) in [7, 11) is 0. The molecular formula is C14H21Cl2N3O2. The van der Waals surface area contributed by atoms with Gasteiger partial charge in [-0.3, -0.25) is 0 Å². The number of aliphatic hydroxyl groups is 1. The van der Waals surface area contributed by atoms with Crippen LogP contribution in [0.5, 0.6) is 0 Å². The van der Waals surface area contributed by atoms with Crippen molar-refractivity contribution in [3.05, 3.63) is 16.1 Å². The van der Waals surface area contributed by atoms with Crippen LogP contribution in [0.1, 0.15) is 20.3 Å². The topological polar surface area (TPSA) is 57.6 Å². The second-order valence-corrected chi connectivity index (χ2v) is 6.00. The smallest absolute Gasteiger partial charge is 0.150 e. The van der Waals surface area contributed by atoms with E-state index >= 15 is 0 Å². The Morgan fingerprint density at radius 1 is 1.48 bits per heavy atom. The van der Waals surface area contributed by atoms with E-state index in [9.17, 15) is 5.11 Å². The highest BCUT2D eigenvalue weighted by Crippen LogP contribution is 2.33. The highest BCUT2D eigenvalue weighted by Gasteiger charge is 2.28. The highest BCUT2D eigenvalue weighted by molar-refractivity contribution is 6.37. The molecule has 1 fully saturated rings. The molecule has 1 aliphatic rings. The summed E-state index contributed by atoms with van der Waals surface area (Å²) >= 11 is 12.5. The van der Waals surface area contributed by atoms with E-state index in [0.29, 0.717) is 34.8 Å². The maximum atomic E-state index is 9.29. The van der Waals surface area contributed by atoms with Crippen molar-refractivity contribution in [2.45, 2.75) is 32.4 Å². The van der Waals surface area contributed by atoms with E-state index in [4.69, 9.17) is 27.9 Å². The molecule has 2 N–H and O–H groups in total. The predicted molar refractivity (Wildman–Crippen MR) is 86.7 cm³/mol. The molecule has 0 amide bonds. The van der Waals surface area contributed by atoms with Crippen LogP contribution < -0.4 is 10.2 Å². The van der Waals surface area contributed by atoms with Crippen LogP contribution >= 0.6 is 23.2 Å². The summed E-state index contributed by atoms with van der Waals surface area (Å²) in [6.07, 6.45) is 0.762. The van der Waals surface area contributed by atoms with Gasteiger partial charge in [0.1, 0.15) is 11.6 Å².